The summed E-state index contributed by atoms with van der Waals surface area (Å²) >= 11 is 0. The smallest absolute Gasteiger partial charge is 0.236 e. The second-order valence-electron chi connectivity index (χ2n) is 2.36. The summed E-state index contributed by atoms with van der Waals surface area (Å²) in [5.41, 5.74) is 0. The van der Waals surface area contributed by atoms with E-state index in [1.165, 1.54) is 0 Å². The lowest BCUT2D eigenvalue weighted by Crippen LogP contribution is -2.41. The molecule has 0 fully saturated rings. The molecular weight excluding hydrogens is 142 g/mol. The molecule has 0 aliphatic carbocycles. The van der Waals surface area contributed by atoms with E-state index in [9.17, 15) is 4.79 Å². The Labute approximate surface area is 66.8 Å². The van der Waals surface area contributed by atoms with Crippen molar-refractivity contribution in [3.05, 3.63) is 0 Å². The molecule has 0 saturated carbocycles. The van der Waals surface area contributed by atoms with Crippen molar-refractivity contribution in [1.29, 1.82) is 5.26 Å². The van der Waals surface area contributed by atoms with Crippen LogP contribution in [-0.4, -0.2) is 37.5 Å². The maximum atomic E-state index is 11.0. The molecule has 0 spiro atoms. The average molecular weight is 155 g/mol. The van der Waals surface area contributed by atoms with Gasteiger partial charge in [0.25, 0.3) is 0 Å². The Morgan fingerprint density at radius 1 is 1.82 bits per heavy atom. The van der Waals surface area contributed by atoms with Crippen LogP contribution in [-0.2, 0) is 4.79 Å². The second kappa shape index (κ2) is 4.69. The van der Waals surface area contributed by atoms with E-state index in [1.54, 1.807) is 25.9 Å². The number of nitrogens with one attached hydrogen (secondary N) is 1. The third-order valence-corrected chi connectivity index (χ3v) is 1.61. The first-order valence-corrected chi connectivity index (χ1v) is 3.42. The molecule has 1 amide bonds. The number of carbonyl (C=O) groups excluding carboxylic acids is 1. The summed E-state index contributed by atoms with van der Waals surface area (Å²) in [6, 6.07) is 1.74. The van der Waals surface area contributed by atoms with Crippen LogP contribution in [0.1, 0.15) is 6.92 Å². The van der Waals surface area contributed by atoms with Crippen molar-refractivity contribution in [1.82, 2.24) is 10.2 Å². The quantitative estimate of drug-likeness (QED) is 0.563. The molecule has 1 N–H and O–H groups in total. The lowest BCUT2D eigenvalue weighted by atomic mass is 10.3. The maximum absolute atomic E-state index is 11.0. The molecular formula is C7H13N3O. The predicted octanol–water partition coefficient (Wildman–Crippen LogP) is -0.424. The zero-order valence-electron chi connectivity index (χ0n) is 7.09. The first-order chi connectivity index (χ1) is 5.13. The fourth-order valence-corrected chi connectivity index (χ4v) is 0.658. The van der Waals surface area contributed by atoms with Crippen molar-refractivity contribution in [3.8, 4) is 6.07 Å². The summed E-state index contributed by atoms with van der Waals surface area (Å²) in [5.74, 6) is -0.0669. The molecule has 62 valence electrons. The molecule has 0 aliphatic rings. The van der Waals surface area contributed by atoms with Gasteiger partial charge in [-0.2, -0.15) is 5.26 Å². The highest BCUT2D eigenvalue weighted by molar-refractivity contribution is 5.80. The van der Waals surface area contributed by atoms with Crippen LogP contribution >= 0.6 is 0 Å². The van der Waals surface area contributed by atoms with Crippen molar-refractivity contribution in [2.75, 3.05) is 20.6 Å². The molecule has 0 bridgehead atoms. The van der Waals surface area contributed by atoms with Crippen LogP contribution < -0.4 is 5.32 Å². The minimum absolute atomic E-state index is 0.0669. The van der Waals surface area contributed by atoms with Crippen molar-refractivity contribution in [3.63, 3.8) is 0 Å². The number of hydrogen-bond acceptors (Lipinski definition) is 3. The van der Waals surface area contributed by atoms with E-state index in [1.807, 2.05) is 6.07 Å². The lowest BCUT2D eigenvalue weighted by molar-refractivity contribution is -0.124. The molecule has 4 nitrogen and oxygen atoms in total. The van der Waals surface area contributed by atoms with Gasteiger partial charge in [-0.1, -0.05) is 0 Å². The molecule has 0 aromatic carbocycles. The van der Waals surface area contributed by atoms with Crippen LogP contribution in [0.3, 0.4) is 0 Å². The molecule has 1 atom stereocenters. The van der Waals surface area contributed by atoms with Gasteiger partial charge in [0.2, 0.25) is 5.91 Å². The van der Waals surface area contributed by atoms with Gasteiger partial charge < -0.3 is 5.32 Å². The Morgan fingerprint density at radius 3 is 2.73 bits per heavy atom. The first kappa shape index (κ1) is 9.92. The molecule has 1 unspecified atom stereocenters. The minimum atomic E-state index is -0.236. The Hall–Kier alpha value is -1.08. The summed E-state index contributed by atoms with van der Waals surface area (Å²) in [5, 5.41) is 10.8. The highest BCUT2D eigenvalue weighted by atomic mass is 16.2. The molecule has 0 saturated heterocycles. The number of rotatable bonds is 3. The normalized spacial score (nSPS) is 12.3. The van der Waals surface area contributed by atoms with Crippen molar-refractivity contribution < 1.29 is 4.79 Å². The minimum Gasteiger partial charge on any atom is -0.358 e. The third-order valence-electron chi connectivity index (χ3n) is 1.61. The fraction of sp³-hybridized carbons (Fsp3) is 0.714. The van der Waals surface area contributed by atoms with E-state index in [4.69, 9.17) is 5.26 Å². The van der Waals surface area contributed by atoms with Crippen LogP contribution in [0.5, 0.6) is 0 Å². The average Bonchev–Trinajstić information content (AvgIpc) is 2.02. The van der Waals surface area contributed by atoms with E-state index in [-0.39, 0.29) is 18.5 Å². The molecule has 0 radical (unpaired) electrons. The fourth-order valence-electron chi connectivity index (χ4n) is 0.658. The molecule has 0 heterocycles. The highest BCUT2D eigenvalue weighted by Gasteiger charge is 2.15. The SMILES string of the molecule is CNC(=O)C(C)N(C)CC#N. The van der Waals surface area contributed by atoms with E-state index >= 15 is 0 Å². The topological polar surface area (TPSA) is 56.1 Å². The van der Waals surface area contributed by atoms with Gasteiger partial charge in [0, 0.05) is 7.05 Å². The zero-order chi connectivity index (χ0) is 8.85. The van der Waals surface area contributed by atoms with E-state index < -0.39 is 0 Å². The third kappa shape index (κ3) is 3.01. The van der Waals surface area contributed by atoms with E-state index in [2.05, 4.69) is 5.32 Å². The predicted molar refractivity (Wildman–Crippen MR) is 41.8 cm³/mol. The standard InChI is InChI=1S/C7H13N3O/c1-6(7(11)9-2)10(3)5-4-8/h6H,5H2,1-3H3,(H,9,11). The Morgan fingerprint density at radius 2 is 2.36 bits per heavy atom. The molecule has 0 rings (SSSR count). The number of hydrogen-bond donors (Lipinski definition) is 1. The van der Waals surface area contributed by atoms with Gasteiger partial charge >= 0.3 is 0 Å². The number of likely N-dealkylation sites (N-methyl/N-ethyl adjacent to an activating group) is 2. The summed E-state index contributed by atoms with van der Waals surface area (Å²) < 4.78 is 0. The Balaban J connectivity index is 3.92. The van der Waals surface area contributed by atoms with Crippen LogP contribution in [0.2, 0.25) is 0 Å². The number of carbonyl (C=O) groups is 1. The van der Waals surface area contributed by atoms with Crippen LogP contribution in [0, 0.1) is 11.3 Å². The van der Waals surface area contributed by atoms with Gasteiger partial charge in [-0.3, -0.25) is 9.69 Å². The Bertz CT molecular complexity index is 173. The molecule has 11 heavy (non-hydrogen) atoms. The highest BCUT2D eigenvalue weighted by Crippen LogP contribution is 1.92. The number of nitriles is 1. The van der Waals surface area contributed by atoms with Gasteiger partial charge in [0.1, 0.15) is 0 Å². The van der Waals surface area contributed by atoms with Gasteiger partial charge in [0.05, 0.1) is 18.7 Å². The summed E-state index contributed by atoms with van der Waals surface area (Å²) in [4.78, 5) is 12.6. The van der Waals surface area contributed by atoms with Crippen molar-refractivity contribution in [2.45, 2.75) is 13.0 Å². The van der Waals surface area contributed by atoms with Gasteiger partial charge in [-0.25, -0.2) is 0 Å². The van der Waals surface area contributed by atoms with E-state index in [0.717, 1.165) is 0 Å². The second-order valence-corrected chi connectivity index (χ2v) is 2.36. The summed E-state index contributed by atoms with van der Waals surface area (Å²) in [7, 11) is 3.32. The molecule has 0 aliphatic heterocycles. The first-order valence-electron chi connectivity index (χ1n) is 3.42. The van der Waals surface area contributed by atoms with Gasteiger partial charge in [-0.15, -0.1) is 0 Å². The van der Waals surface area contributed by atoms with Crippen LogP contribution in [0.25, 0.3) is 0 Å². The monoisotopic (exact) mass is 155 g/mol. The summed E-state index contributed by atoms with van der Waals surface area (Å²) in [6.07, 6.45) is 0. The molecule has 4 heteroatoms. The number of amides is 1. The van der Waals surface area contributed by atoms with Gasteiger partial charge in [-0.05, 0) is 14.0 Å². The zero-order valence-corrected chi connectivity index (χ0v) is 7.09. The molecule has 0 aromatic rings. The van der Waals surface area contributed by atoms with Crippen LogP contribution in [0.15, 0.2) is 0 Å². The molecule has 0 aromatic heterocycles. The maximum Gasteiger partial charge on any atom is 0.236 e. The lowest BCUT2D eigenvalue weighted by Gasteiger charge is -2.19. The number of nitrogens with zero attached hydrogens (tertiary/aromatic N) is 2. The van der Waals surface area contributed by atoms with E-state index in [0.29, 0.717) is 0 Å². The van der Waals surface area contributed by atoms with Crippen molar-refractivity contribution in [2.24, 2.45) is 0 Å². The van der Waals surface area contributed by atoms with Gasteiger partial charge in [0.15, 0.2) is 0 Å². The van der Waals surface area contributed by atoms with Crippen molar-refractivity contribution >= 4 is 5.91 Å². The largest absolute Gasteiger partial charge is 0.358 e. The Kier molecular flexibility index (Phi) is 4.23. The summed E-state index contributed by atoms with van der Waals surface area (Å²) in [6.45, 7) is 2.03. The van der Waals surface area contributed by atoms with Crippen LogP contribution in [0.4, 0.5) is 0 Å².